The smallest absolute Gasteiger partial charge is 0.342 e. The largest absolute Gasteiger partial charge is 0.425 e. The molecule has 2 heterocycles. The highest BCUT2D eigenvalue weighted by Crippen LogP contribution is 2.57. The van der Waals surface area contributed by atoms with Gasteiger partial charge in [0.2, 0.25) is 5.79 Å². The number of carbonyl (C=O) groups excluding carboxylic acids is 1. The standard InChI is InChI=1S/C25H26O3/c1-18-10-12-19(13-11-18)21-22(20-8-4-2-5-9-20)25(28-23(21)26)16-24(17-27-25)14-6-3-7-15-24/h2,4-5,8-13H,3,6-7,14-17H2,1H3. The van der Waals surface area contributed by atoms with Crippen molar-refractivity contribution < 1.29 is 14.3 Å². The molecular formula is C25H26O3. The van der Waals surface area contributed by atoms with Gasteiger partial charge in [0.25, 0.3) is 0 Å². The van der Waals surface area contributed by atoms with E-state index in [-0.39, 0.29) is 11.4 Å². The molecule has 0 N–H and O–H groups in total. The Morgan fingerprint density at radius 2 is 1.57 bits per heavy atom. The number of esters is 1. The minimum atomic E-state index is -0.948. The van der Waals surface area contributed by atoms with Crippen molar-refractivity contribution >= 4 is 17.1 Å². The molecule has 0 radical (unpaired) electrons. The molecule has 1 unspecified atom stereocenters. The van der Waals surface area contributed by atoms with Gasteiger partial charge in [-0.15, -0.1) is 0 Å². The molecule has 144 valence electrons. The van der Waals surface area contributed by atoms with Gasteiger partial charge in [-0.25, -0.2) is 4.79 Å². The lowest BCUT2D eigenvalue weighted by molar-refractivity contribution is -0.178. The quantitative estimate of drug-likeness (QED) is 0.649. The van der Waals surface area contributed by atoms with Crippen LogP contribution < -0.4 is 0 Å². The average molecular weight is 374 g/mol. The minimum absolute atomic E-state index is 0.140. The molecular weight excluding hydrogens is 348 g/mol. The van der Waals surface area contributed by atoms with E-state index in [0.29, 0.717) is 12.2 Å². The maximum Gasteiger partial charge on any atom is 0.342 e. The van der Waals surface area contributed by atoms with Gasteiger partial charge in [-0.1, -0.05) is 79.4 Å². The monoisotopic (exact) mass is 374 g/mol. The number of rotatable bonds is 2. The fourth-order valence-electron chi connectivity index (χ4n) is 5.21. The van der Waals surface area contributed by atoms with Crippen molar-refractivity contribution in [3.63, 3.8) is 0 Å². The van der Waals surface area contributed by atoms with Gasteiger partial charge in [-0.05, 0) is 30.9 Å². The third kappa shape index (κ3) is 2.80. The summed E-state index contributed by atoms with van der Waals surface area (Å²) in [6, 6.07) is 18.2. The second-order valence-corrected chi connectivity index (χ2v) is 8.65. The van der Waals surface area contributed by atoms with Gasteiger partial charge >= 0.3 is 5.97 Å². The third-order valence-corrected chi connectivity index (χ3v) is 6.63. The summed E-state index contributed by atoms with van der Waals surface area (Å²) in [5.74, 6) is -1.22. The molecule has 0 aromatic heterocycles. The van der Waals surface area contributed by atoms with Crippen LogP contribution >= 0.6 is 0 Å². The summed E-state index contributed by atoms with van der Waals surface area (Å²) in [6.45, 7) is 2.73. The molecule has 3 aliphatic rings. The van der Waals surface area contributed by atoms with E-state index in [1.54, 1.807) is 0 Å². The molecule has 3 heteroatoms. The van der Waals surface area contributed by atoms with Crippen LogP contribution in [-0.4, -0.2) is 18.4 Å². The number of aryl methyl sites for hydroxylation is 1. The Bertz CT molecular complexity index is 920. The number of hydrogen-bond donors (Lipinski definition) is 0. The highest BCUT2D eigenvalue weighted by atomic mass is 16.7. The van der Waals surface area contributed by atoms with Crippen LogP contribution in [0.25, 0.3) is 11.1 Å². The van der Waals surface area contributed by atoms with Crippen LogP contribution in [0, 0.1) is 12.3 Å². The Labute approximate surface area is 166 Å². The van der Waals surface area contributed by atoms with Crippen LogP contribution in [0.15, 0.2) is 54.6 Å². The van der Waals surface area contributed by atoms with Crippen molar-refractivity contribution in [3.05, 3.63) is 71.3 Å². The SMILES string of the molecule is Cc1ccc(C2=C(c3ccccc3)C3(CC4(CCCCC4)CO3)OC2=O)cc1. The molecule has 0 amide bonds. The molecule has 1 saturated heterocycles. The topological polar surface area (TPSA) is 35.5 Å². The van der Waals surface area contributed by atoms with Crippen LogP contribution in [0.4, 0.5) is 0 Å². The van der Waals surface area contributed by atoms with Crippen molar-refractivity contribution in [2.45, 2.75) is 51.2 Å². The van der Waals surface area contributed by atoms with Crippen molar-refractivity contribution in [2.75, 3.05) is 6.61 Å². The molecule has 2 aromatic rings. The first-order chi connectivity index (χ1) is 13.6. The van der Waals surface area contributed by atoms with Gasteiger partial charge in [0, 0.05) is 17.4 Å². The fraction of sp³-hybridized carbons (Fsp3) is 0.400. The van der Waals surface area contributed by atoms with E-state index in [1.165, 1.54) is 24.8 Å². The normalized spacial score (nSPS) is 26.2. The lowest BCUT2D eigenvalue weighted by Gasteiger charge is -2.33. The van der Waals surface area contributed by atoms with Crippen molar-refractivity contribution in [2.24, 2.45) is 5.41 Å². The maximum absolute atomic E-state index is 13.1. The molecule has 1 saturated carbocycles. The van der Waals surface area contributed by atoms with Crippen LogP contribution in [0.3, 0.4) is 0 Å². The van der Waals surface area contributed by atoms with Gasteiger partial charge in [0.05, 0.1) is 12.2 Å². The lowest BCUT2D eigenvalue weighted by atomic mass is 9.71. The van der Waals surface area contributed by atoms with Crippen LogP contribution in [0.1, 0.15) is 55.2 Å². The molecule has 1 atom stereocenters. The van der Waals surface area contributed by atoms with Gasteiger partial charge in [0.1, 0.15) is 0 Å². The Balaban J connectivity index is 1.66. The Morgan fingerprint density at radius 1 is 0.857 bits per heavy atom. The zero-order valence-electron chi connectivity index (χ0n) is 16.4. The molecule has 0 bridgehead atoms. The highest BCUT2D eigenvalue weighted by molar-refractivity contribution is 6.28. The summed E-state index contributed by atoms with van der Waals surface area (Å²) < 4.78 is 12.5. The van der Waals surface area contributed by atoms with Crippen LogP contribution in [0.2, 0.25) is 0 Å². The predicted molar refractivity (Wildman–Crippen MR) is 109 cm³/mol. The summed E-state index contributed by atoms with van der Waals surface area (Å²) >= 11 is 0. The van der Waals surface area contributed by atoms with Crippen LogP contribution in [0.5, 0.6) is 0 Å². The molecule has 2 fully saturated rings. The summed E-state index contributed by atoms with van der Waals surface area (Å²) in [7, 11) is 0. The van der Waals surface area contributed by atoms with E-state index >= 15 is 0 Å². The van der Waals surface area contributed by atoms with E-state index < -0.39 is 5.79 Å². The fourth-order valence-corrected chi connectivity index (χ4v) is 5.21. The summed E-state index contributed by atoms with van der Waals surface area (Å²) in [5, 5.41) is 0. The number of benzene rings is 2. The number of carbonyl (C=O) groups is 1. The zero-order chi connectivity index (χ0) is 19.2. The maximum atomic E-state index is 13.1. The molecule has 2 spiro atoms. The first-order valence-electron chi connectivity index (χ1n) is 10.4. The van der Waals surface area contributed by atoms with Crippen molar-refractivity contribution in [3.8, 4) is 0 Å². The van der Waals surface area contributed by atoms with Crippen molar-refractivity contribution in [1.29, 1.82) is 0 Å². The Kier molecular flexibility index (Phi) is 4.17. The molecule has 2 aromatic carbocycles. The van der Waals surface area contributed by atoms with Gasteiger partial charge in [0.15, 0.2) is 0 Å². The summed E-state index contributed by atoms with van der Waals surface area (Å²) in [5.41, 5.74) is 4.78. The van der Waals surface area contributed by atoms with E-state index in [0.717, 1.165) is 36.0 Å². The third-order valence-electron chi connectivity index (χ3n) is 6.63. The highest BCUT2D eigenvalue weighted by Gasteiger charge is 2.59. The lowest BCUT2D eigenvalue weighted by Crippen LogP contribution is -2.32. The first-order valence-corrected chi connectivity index (χ1v) is 10.4. The number of hydrogen-bond acceptors (Lipinski definition) is 3. The zero-order valence-corrected chi connectivity index (χ0v) is 16.4. The Hall–Kier alpha value is -2.39. The second-order valence-electron chi connectivity index (χ2n) is 8.65. The first kappa shape index (κ1) is 17.7. The second kappa shape index (κ2) is 6.59. The molecule has 1 aliphatic carbocycles. The van der Waals surface area contributed by atoms with Gasteiger partial charge in [-0.2, -0.15) is 0 Å². The predicted octanol–water partition coefficient (Wildman–Crippen LogP) is 5.53. The van der Waals surface area contributed by atoms with Crippen molar-refractivity contribution in [1.82, 2.24) is 0 Å². The van der Waals surface area contributed by atoms with Gasteiger partial charge in [-0.3, -0.25) is 0 Å². The summed E-state index contributed by atoms with van der Waals surface area (Å²) in [4.78, 5) is 13.1. The molecule has 2 aliphatic heterocycles. The van der Waals surface area contributed by atoms with Crippen LogP contribution in [-0.2, 0) is 14.3 Å². The molecule has 3 nitrogen and oxygen atoms in total. The number of ether oxygens (including phenoxy) is 2. The molecule has 28 heavy (non-hydrogen) atoms. The van der Waals surface area contributed by atoms with E-state index in [4.69, 9.17) is 9.47 Å². The molecule has 5 rings (SSSR count). The van der Waals surface area contributed by atoms with E-state index in [2.05, 4.69) is 19.1 Å². The minimum Gasteiger partial charge on any atom is -0.425 e. The van der Waals surface area contributed by atoms with E-state index in [1.807, 2.05) is 42.5 Å². The van der Waals surface area contributed by atoms with Gasteiger partial charge < -0.3 is 9.47 Å². The summed E-state index contributed by atoms with van der Waals surface area (Å²) in [6.07, 6.45) is 6.86. The van der Waals surface area contributed by atoms with E-state index in [9.17, 15) is 4.79 Å². The Morgan fingerprint density at radius 3 is 2.29 bits per heavy atom. The average Bonchev–Trinajstić information content (AvgIpc) is 3.20.